The number of benzene rings is 2. The highest BCUT2D eigenvalue weighted by atomic mass is 35.5. The Bertz CT molecular complexity index is 962. The Morgan fingerprint density at radius 2 is 1.76 bits per heavy atom. The van der Waals surface area contributed by atoms with Crippen molar-refractivity contribution in [2.24, 2.45) is 11.7 Å². The van der Waals surface area contributed by atoms with Gasteiger partial charge < -0.3 is 15.8 Å². The van der Waals surface area contributed by atoms with E-state index < -0.39 is 0 Å². The molecule has 2 fully saturated rings. The Hall–Kier alpha value is -1.72. The van der Waals surface area contributed by atoms with Crippen molar-refractivity contribution in [2.75, 3.05) is 19.7 Å². The van der Waals surface area contributed by atoms with E-state index >= 15 is 0 Å². The maximum Gasteiger partial charge on any atom is 0.167 e. The van der Waals surface area contributed by atoms with Gasteiger partial charge in [0.15, 0.2) is 5.78 Å². The fourth-order valence-electron chi connectivity index (χ4n) is 3.37. The normalized spacial score (nSPS) is 17.5. The molecule has 0 atom stereocenters. The van der Waals surface area contributed by atoms with Crippen LogP contribution in [0.25, 0.3) is 5.70 Å². The summed E-state index contributed by atoms with van der Waals surface area (Å²) in [5.41, 5.74) is 8.60. The molecular formula is C22H21Cl3N2O2. The van der Waals surface area contributed by atoms with Crippen molar-refractivity contribution in [1.82, 2.24) is 5.32 Å². The second kappa shape index (κ2) is 8.57. The van der Waals surface area contributed by atoms with E-state index in [4.69, 9.17) is 45.3 Å². The van der Waals surface area contributed by atoms with Crippen molar-refractivity contribution in [3.63, 3.8) is 0 Å². The number of halogens is 3. The van der Waals surface area contributed by atoms with Crippen molar-refractivity contribution < 1.29 is 9.53 Å². The fourth-order valence-corrected chi connectivity index (χ4v) is 4.30. The van der Waals surface area contributed by atoms with Gasteiger partial charge in [-0.2, -0.15) is 0 Å². The molecule has 7 heteroatoms. The van der Waals surface area contributed by atoms with Gasteiger partial charge in [-0.3, -0.25) is 4.79 Å². The predicted octanol–water partition coefficient (Wildman–Crippen LogP) is 5.06. The minimum Gasteiger partial charge on any atom is -0.489 e. The maximum absolute atomic E-state index is 12.9. The van der Waals surface area contributed by atoms with Gasteiger partial charge >= 0.3 is 0 Å². The molecule has 4 rings (SSSR count). The number of carbonyl (C=O) groups is 1. The molecule has 2 aromatic carbocycles. The van der Waals surface area contributed by atoms with Crippen LogP contribution in [-0.4, -0.2) is 25.5 Å². The standard InChI is InChI=1S/C22H21Cl3N2O2/c23-17-2-1-3-18(24)20(17)21(26)16(22(28)12-4-5-12)11-29-14-6-7-15(19(25)8-14)13-9-27-10-13/h1-3,6-8,12-13,27H,4-5,9-11,26H2. The number of hydrogen-bond donors (Lipinski definition) is 2. The van der Waals surface area contributed by atoms with E-state index in [1.165, 1.54) is 0 Å². The van der Waals surface area contributed by atoms with Gasteiger partial charge in [-0.1, -0.05) is 46.9 Å². The summed E-state index contributed by atoms with van der Waals surface area (Å²) in [6.07, 6.45) is 1.73. The largest absolute Gasteiger partial charge is 0.489 e. The first-order valence-corrected chi connectivity index (χ1v) is 10.7. The van der Waals surface area contributed by atoms with Crippen molar-refractivity contribution in [3.05, 3.63) is 68.2 Å². The topological polar surface area (TPSA) is 64.3 Å². The first kappa shape index (κ1) is 20.5. The third kappa shape index (κ3) is 4.41. The molecule has 0 unspecified atom stereocenters. The van der Waals surface area contributed by atoms with Gasteiger partial charge in [0.2, 0.25) is 0 Å². The second-order valence-corrected chi connectivity index (χ2v) is 8.68. The van der Waals surface area contributed by atoms with Gasteiger partial charge in [-0.15, -0.1) is 0 Å². The van der Waals surface area contributed by atoms with Crippen LogP contribution in [0.3, 0.4) is 0 Å². The zero-order chi connectivity index (χ0) is 20.5. The lowest BCUT2D eigenvalue weighted by Gasteiger charge is -2.28. The van der Waals surface area contributed by atoms with E-state index in [1.807, 2.05) is 12.1 Å². The van der Waals surface area contributed by atoms with Crippen LogP contribution in [0.5, 0.6) is 5.75 Å². The maximum atomic E-state index is 12.9. The van der Waals surface area contributed by atoms with Crippen LogP contribution in [0.2, 0.25) is 15.1 Å². The monoisotopic (exact) mass is 450 g/mol. The van der Waals surface area contributed by atoms with Crippen molar-refractivity contribution in [1.29, 1.82) is 0 Å². The number of nitrogens with one attached hydrogen (secondary N) is 1. The summed E-state index contributed by atoms with van der Waals surface area (Å²) < 4.78 is 5.91. The average molecular weight is 452 g/mol. The first-order valence-electron chi connectivity index (χ1n) is 9.56. The summed E-state index contributed by atoms with van der Waals surface area (Å²) in [6.45, 7) is 1.89. The molecule has 152 valence electrons. The van der Waals surface area contributed by atoms with Crippen LogP contribution in [0.15, 0.2) is 42.0 Å². The molecule has 1 aliphatic carbocycles. The number of hydrogen-bond acceptors (Lipinski definition) is 4. The molecule has 0 aromatic heterocycles. The van der Waals surface area contributed by atoms with Crippen LogP contribution in [0.1, 0.15) is 29.9 Å². The Morgan fingerprint density at radius 3 is 2.31 bits per heavy atom. The Morgan fingerprint density at radius 1 is 1.07 bits per heavy atom. The summed E-state index contributed by atoms with van der Waals surface area (Å²) in [4.78, 5) is 12.9. The zero-order valence-corrected chi connectivity index (χ0v) is 17.9. The number of rotatable bonds is 7. The van der Waals surface area contributed by atoms with Gasteiger partial charge in [0.05, 0.1) is 21.3 Å². The van der Waals surface area contributed by atoms with E-state index in [-0.39, 0.29) is 24.0 Å². The molecule has 3 N–H and O–H groups in total. The molecular weight excluding hydrogens is 431 g/mol. The van der Waals surface area contributed by atoms with Crippen molar-refractivity contribution in [3.8, 4) is 5.75 Å². The van der Waals surface area contributed by atoms with E-state index in [1.54, 1.807) is 24.3 Å². The fraction of sp³-hybridized carbons (Fsp3) is 0.318. The Kier molecular flexibility index (Phi) is 6.07. The van der Waals surface area contributed by atoms with E-state index in [2.05, 4.69) is 5.32 Å². The Labute approximate surface area is 185 Å². The van der Waals surface area contributed by atoms with Crippen LogP contribution in [0, 0.1) is 5.92 Å². The molecule has 0 bridgehead atoms. The van der Waals surface area contributed by atoms with Crippen LogP contribution in [-0.2, 0) is 4.79 Å². The molecule has 2 aliphatic rings. The lowest BCUT2D eigenvalue weighted by Crippen LogP contribution is -2.39. The smallest absolute Gasteiger partial charge is 0.167 e. The molecule has 1 saturated carbocycles. The minimum absolute atomic E-state index is 0.00880. The molecule has 1 heterocycles. The van der Waals surface area contributed by atoms with Crippen molar-refractivity contribution >= 4 is 46.3 Å². The zero-order valence-electron chi connectivity index (χ0n) is 15.7. The van der Waals surface area contributed by atoms with Crippen LogP contribution in [0.4, 0.5) is 0 Å². The molecule has 0 amide bonds. The number of ketones is 1. The van der Waals surface area contributed by atoms with E-state index in [0.717, 1.165) is 31.5 Å². The molecule has 29 heavy (non-hydrogen) atoms. The number of ether oxygens (including phenoxy) is 1. The lowest BCUT2D eigenvalue weighted by atomic mass is 9.94. The summed E-state index contributed by atoms with van der Waals surface area (Å²) in [5, 5.41) is 4.70. The third-order valence-electron chi connectivity index (χ3n) is 5.38. The minimum atomic E-state index is -0.0123. The van der Waals surface area contributed by atoms with Gasteiger partial charge in [0.1, 0.15) is 12.4 Å². The van der Waals surface area contributed by atoms with E-state index in [9.17, 15) is 4.79 Å². The molecule has 1 saturated heterocycles. The summed E-state index contributed by atoms with van der Waals surface area (Å²) >= 11 is 19.0. The predicted molar refractivity (Wildman–Crippen MR) is 118 cm³/mol. The number of nitrogens with two attached hydrogens (primary N) is 1. The van der Waals surface area contributed by atoms with Crippen LogP contribution >= 0.6 is 34.8 Å². The summed E-state index contributed by atoms with van der Waals surface area (Å²) in [6, 6.07) is 10.8. The highest BCUT2D eigenvalue weighted by molar-refractivity contribution is 6.37. The lowest BCUT2D eigenvalue weighted by molar-refractivity contribution is -0.116. The van der Waals surface area contributed by atoms with Crippen molar-refractivity contribution in [2.45, 2.75) is 18.8 Å². The number of carbonyl (C=O) groups excluding carboxylic acids is 1. The number of Topliss-reactive ketones (excluding diaryl/α,β-unsaturated/α-hetero) is 1. The third-order valence-corrected chi connectivity index (χ3v) is 6.34. The quantitative estimate of drug-likeness (QED) is 0.577. The SMILES string of the molecule is NC(=C(COc1ccc(C2CNC2)c(Cl)c1)C(=O)C1CC1)c1c(Cl)cccc1Cl. The molecule has 2 aromatic rings. The first-order chi connectivity index (χ1) is 14.0. The molecule has 0 spiro atoms. The average Bonchev–Trinajstić information content (AvgIpc) is 3.47. The second-order valence-electron chi connectivity index (χ2n) is 7.45. The Balaban J connectivity index is 1.60. The summed E-state index contributed by atoms with van der Waals surface area (Å²) in [5.74, 6) is 0.999. The highest BCUT2D eigenvalue weighted by Gasteiger charge is 2.34. The van der Waals surface area contributed by atoms with Gasteiger partial charge in [0, 0.05) is 35.5 Å². The van der Waals surface area contributed by atoms with Gasteiger partial charge in [-0.25, -0.2) is 0 Å². The molecule has 4 nitrogen and oxygen atoms in total. The van der Waals surface area contributed by atoms with E-state index in [0.29, 0.717) is 37.9 Å². The molecule has 1 aliphatic heterocycles. The van der Waals surface area contributed by atoms with Gasteiger partial charge in [0.25, 0.3) is 0 Å². The highest BCUT2D eigenvalue weighted by Crippen LogP contribution is 2.37. The van der Waals surface area contributed by atoms with Crippen LogP contribution < -0.4 is 15.8 Å². The molecule has 0 radical (unpaired) electrons. The van der Waals surface area contributed by atoms with Gasteiger partial charge in [-0.05, 0) is 42.7 Å². The summed E-state index contributed by atoms with van der Waals surface area (Å²) in [7, 11) is 0.